The first-order valence-corrected chi connectivity index (χ1v) is 5.65. The first kappa shape index (κ1) is 10.9. The summed E-state index contributed by atoms with van der Waals surface area (Å²) in [6.45, 7) is 2.06. The summed E-state index contributed by atoms with van der Waals surface area (Å²) in [5.74, 6) is 0.487. The maximum atomic E-state index is 11.3. The van der Waals surface area contributed by atoms with Crippen molar-refractivity contribution in [1.29, 1.82) is 0 Å². The monoisotopic (exact) mass is 216 g/mol. The maximum Gasteiger partial charge on any atom is 0.243 e. The molecule has 1 saturated carbocycles. The Kier molecular flexibility index (Phi) is 3.34. The van der Waals surface area contributed by atoms with Crippen LogP contribution >= 0.6 is 0 Å². The molecule has 3 heteroatoms. The number of benzene rings is 1. The van der Waals surface area contributed by atoms with Gasteiger partial charge in [0.2, 0.25) is 5.91 Å². The summed E-state index contributed by atoms with van der Waals surface area (Å²) in [5, 5.41) is 3.98. The average molecular weight is 216 g/mol. The van der Waals surface area contributed by atoms with E-state index in [-0.39, 0.29) is 17.7 Å². The predicted octanol–water partition coefficient (Wildman–Crippen LogP) is 2.30. The Hall–Kier alpha value is -1.64. The van der Waals surface area contributed by atoms with Crippen LogP contribution in [-0.4, -0.2) is 12.1 Å². The summed E-state index contributed by atoms with van der Waals surface area (Å²) >= 11 is 0. The normalized spacial score (nSPS) is 17.3. The fourth-order valence-corrected chi connectivity index (χ4v) is 1.49. The molecule has 16 heavy (non-hydrogen) atoms. The number of rotatable bonds is 4. The van der Waals surface area contributed by atoms with Crippen LogP contribution in [0.2, 0.25) is 0 Å². The summed E-state index contributed by atoms with van der Waals surface area (Å²) < 4.78 is 0. The minimum absolute atomic E-state index is 0.0523. The van der Waals surface area contributed by atoms with Crippen LogP contribution < -0.4 is 5.43 Å². The van der Waals surface area contributed by atoms with E-state index in [1.54, 1.807) is 6.21 Å². The Morgan fingerprint density at radius 2 is 2.12 bits per heavy atom. The van der Waals surface area contributed by atoms with Gasteiger partial charge in [0.05, 0.1) is 0 Å². The molecule has 0 saturated heterocycles. The second kappa shape index (κ2) is 4.92. The predicted molar refractivity (Wildman–Crippen MR) is 64.2 cm³/mol. The number of nitrogens with zero attached hydrogens (tertiary/aromatic N) is 1. The molecule has 0 aromatic heterocycles. The molecule has 0 aliphatic heterocycles. The van der Waals surface area contributed by atoms with Gasteiger partial charge in [0, 0.05) is 18.1 Å². The van der Waals surface area contributed by atoms with E-state index >= 15 is 0 Å². The van der Waals surface area contributed by atoms with Crippen molar-refractivity contribution in [3.63, 3.8) is 0 Å². The maximum absolute atomic E-state index is 11.3. The molecule has 0 heterocycles. The molecule has 1 aliphatic rings. The zero-order valence-corrected chi connectivity index (χ0v) is 9.39. The Labute approximate surface area is 95.6 Å². The molecule has 0 unspecified atom stereocenters. The lowest BCUT2D eigenvalue weighted by molar-refractivity contribution is -0.122. The molecular formula is C13H16N2O. The van der Waals surface area contributed by atoms with Crippen LogP contribution in [0.1, 0.15) is 31.2 Å². The number of amides is 1. The Balaban J connectivity index is 1.84. The smallest absolute Gasteiger partial charge is 0.243 e. The van der Waals surface area contributed by atoms with Crippen LogP contribution in [0.25, 0.3) is 0 Å². The van der Waals surface area contributed by atoms with Crippen molar-refractivity contribution >= 4 is 12.1 Å². The van der Waals surface area contributed by atoms with Crippen LogP contribution in [0.15, 0.2) is 35.4 Å². The highest BCUT2D eigenvalue weighted by molar-refractivity contribution is 5.81. The Bertz CT molecular complexity index is 382. The van der Waals surface area contributed by atoms with E-state index in [2.05, 4.69) is 29.6 Å². The first-order chi connectivity index (χ1) is 7.77. The average Bonchev–Trinajstić information content (AvgIpc) is 3.14. The van der Waals surface area contributed by atoms with Crippen LogP contribution in [0.5, 0.6) is 0 Å². The van der Waals surface area contributed by atoms with Crippen molar-refractivity contribution in [2.45, 2.75) is 25.7 Å². The van der Waals surface area contributed by atoms with Crippen molar-refractivity contribution in [2.75, 3.05) is 0 Å². The van der Waals surface area contributed by atoms with Gasteiger partial charge < -0.3 is 0 Å². The molecule has 3 nitrogen and oxygen atoms in total. The highest BCUT2D eigenvalue weighted by atomic mass is 16.2. The van der Waals surface area contributed by atoms with Crippen LogP contribution in [0, 0.1) is 5.92 Å². The van der Waals surface area contributed by atoms with Gasteiger partial charge in [0.15, 0.2) is 0 Å². The minimum atomic E-state index is 0.0523. The summed E-state index contributed by atoms with van der Waals surface area (Å²) in [5.41, 5.74) is 3.78. The van der Waals surface area contributed by atoms with Crippen molar-refractivity contribution < 1.29 is 4.79 Å². The molecule has 0 bridgehead atoms. The van der Waals surface area contributed by atoms with Gasteiger partial charge in [-0.2, -0.15) is 5.10 Å². The second-order valence-corrected chi connectivity index (χ2v) is 4.23. The first-order valence-electron chi connectivity index (χ1n) is 5.65. The zero-order valence-electron chi connectivity index (χ0n) is 9.39. The number of carbonyl (C=O) groups is 1. The Morgan fingerprint density at radius 1 is 1.44 bits per heavy atom. The molecule has 0 radical (unpaired) electrons. The number of nitrogens with one attached hydrogen (secondary N) is 1. The topological polar surface area (TPSA) is 41.5 Å². The fraction of sp³-hybridized carbons (Fsp3) is 0.385. The van der Waals surface area contributed by atoms with Crippen LogP contribution in [0.4, 0.5) is 0 Å². The number of hydrogen-bond donors (Lipinski definition) is 1. The lowest BCUT2D eigenvalue weighted by Crippen LogP contribution is -2.19. The van der Waals surface area contributed by atoms with E-state index in [4.69, 9.17) is 0 Å². The molecule has 1 aromatic carbocycles. The Morgan fingerprint density at radius 3 is 2.75 bits per heavy atom. The highest BCUT2D eigenvalue weighted by Gasteiger charge is 2.29. The standard InChI is InChI=1S/C13H16N2O/c1-10(11-5-3-2-4-6-11)9-14-15-13(16)12-7-8-12/h2-6,9-10,12H,7-8H2,1H3,(H,15,16)/b14-9-/t10-/m1/s1. The quantitative estimate of drug-likeness (QED) is 0.609. The van der Waals surface area contributed by atoms with Crippen molar-refractivity contribution in [3.8, 4) is 0 Å². The molecule has 1 atom stereocenters. The summed E-state index contributed by atoms with van der Waals surface area (Å²) in [7, 11) is 0. The van der Waals surface area contributed by atoms with E-state index in [9.17, 15) is 4.79 Å². The van der Waals surface area contributed by atoms with Crippen LogP contribution in [-0.2, 0) is 4.79 Å². The molecule has 1 aromatic rings. The molecule has 2 rings (SSSR count). The van der Waals surface area contributed by atoms with E-state index < -0.39 is 0 Å². The van der Waals surface area contributed by atoms with E-state index in [0.29, 0.717) is 0 Å². The minimum Gasteiger partial charge on any atom is -0.273 e. The van der Waals surface area contributed by atoms with Gasteiger partial charge in [-0.15, -0.1) is 0 Å². The molecule has 1 aliphatic carbocycles. The van der Waals surface area contributed by atoms with E-state index in [1.807, 2.05) is 18.2 Å². The molecule has 1 amide bonds. The number of carbonyl (C=O) groups excluding carboxylic acids is 1. The number of hydrazone groups is 1. The highest BCUT2D eigenvalue weighted by Crippen LogP contribution is 2.28. The summed E-state index contributed by atoms with van der Waals surface area (Å²) in [4.78, 5) is 11.3. The SMILES string of the molecule is C[C@H](/C=N\NC(=O)C1CC1)c1ccccc1. The van der Waals surface area contributed by atoms with Crippen molar-refractivity contribution in [2.24, 2.45) is 11.0 Å². The molecule has 84 valence electrons. The van der Waals surface area contributed by atoms with Crippen LogP contribution in [0.3, 0.4) is 0 Å². The molecule has 1 N–H and O–H groups in total. The molecule has 1 fully saturated rings. The lowest BCUT2D eigenvalue weighted by Gasteiger charge is -2.05. The summed E-state index contributed by atoms with van der Waals surface area (Å²) in [6.07, 6.45) is 3.79. The van der Waals surface area contributed by atoms with Gasteiger partial charge in [-0.05, 0) is 18.4 Å². The summed E-state index contributed by atoms with van der Waals surface area (Å²) in [6, 6.07) is 10.1. The lowest BCUT2D eigenvalue weighted by atomic mass is 10.0. The van der Waals surface area contributed by atoms with Crippen molar-refractivity contribution in [1.82, 2.24) is 5.43 Å². The van der Waals surface area contributed by atoms with Crippen molar-refractivity contribution in [3.05, 3.63) is 35.9 Å². The van der Waals surface area contributed by atoms with Gasteiger partial charge >= 0.3 is 0 Å². The van der Waals surface area contributed by atoms with Gasteiger partial charge in [-0.1, -0.05) is 37.3 Å². The third kappa shape index (κ3) is 2.92. The molecular weight excluding hydrogens is 200 g/mol. The fourth-order valence-electron chi connectivity index (χ4n) is 1.49. The van der Waals surface area contributed by atoms with Gasteiger partial charge in [-0.3, -0.25) is 4.79 Å². The largest absolute Gasteiger partial charge is 0.273 e. The van der Waals surface area contributed by atoms with E-state index in [1.165, 1.54) is 5.56 Å². The second-order valence-electron chi connectivity index (χ2n) is 4.23. The molecule has 0 spiro atoms. The zero-order chi connectivity index (χ0) is 11.4. The van der Waals surface area contributed by atoms with E-state index in [0.717, 1.165) is 12.8 Å². The van der Waals surface area contributed by atoms with Gasteiger partial charge in [0.25, 0.3) is 0 Å². The third-order valence-corrected chi connectivity index (χ3v) is 2.75. The number of hydrogen-bond acceptors (Lipinski definition) is 2. The van der Waals surface area contributed by atoms with Gasteiger partial charge in [0.1, 0.15) is 0 Å². The third-order valence-electron chi connectivity index (χ3n) is 2.75. The van der Waals surface area contributed by atoms with Gasteiger partial charge in [-0.25, -0.2) is 5.43 Å².